The summed E-state index contributed by atoms with van der Waals surface area (Å²) in [5, 5.41) is 12.7. The van der Waals surface area contributed by atoms with Crippen molar-refractivity contribution in [1.82, 2.24) is 10.5 Å². The normalized spacial score (nSPS) is 30.8. The van der Waals surface area contributed by atoms with E-state index in [-0.39, 0.29) is 16.9 Å². The largest absolute Gasteiger partial charge is 0.326 e. The first kappa shape index (κ1) is 17.6. The highest BCUT2D eigenvalue weighted by atomic mass is 16.5. The number of carbonyl (C=O) groups is 2. The van der Waals surface area contributed by atoms with Crippen LogP contribution in [0, 0.1) is 23.2 Å². The third-order valence-corrected chi connectivity index (χ3v) is 7.14. The molecule has 4 aliphatic rings. The fraction of sp³-hybridized carbons (Fsp3) is 0.500. The van der Waals surface area contributed by atoms with Gasteiger partial charge in [0.25, 0.3) is 5.91 Å². The van der Waals surface area contributed by atoms with Crippen molar-refractivity contribution in [2.45, 2.75) is 44.9 Å². The molecule has 1 aromatic heterocycles. The number of hydroxylamine groups is 1. The van der Waals surface area contributed by atoms with Crippen LogP contribution in [-0.2, 0) is 4.79 Å². The highest BCUT2D eigenvalue weighted by Gasteiger charge is 2.52. The summed E-state index contributed by atoms with van der Waals surface area (Å²) in [6.45, 7) is 0. The fourth-order valence-corrected chi connectivity index (χ4v) is 6.13. The van der Waals surface area contributed by atoms with Crippen molar-refractivity contribution in [3.8, 4) is 0 Å². The zero-order valence-corrected chi connectivity index (χ0v) is 15.8. The van der Waals surface area contributed by atoms with Gasteiger partial charge in [-0.05, 0) is 74.1 Å². The number of anilines is 1. The molecule has 2 atom stereocenters. The van der Waals surface area contributed by atoms with Gasteiger partial charge in [-0.1, -0.05) is 12.8 Å². The molecule has 4 saturated carbocycles. The first-order valence-electron chi connectivity index (χ1n) is 10.2. The second kappa shape index (κ2) is 6.55. The minimum atomic E-state index is -0.603. The molecule has 2 unspecified atom stereocenters. The quantitative estimate of drug-likeness (QED) is 0.557. The van der Waals surface area contributed by atoms with Crippen molar-refractivity contribution >= 4 is 28.4 Å². The van der Waals surface area contributed by atoms with Gasteiger partial charge in [-0.3, -0.25) is 19.8 Å². The molecule has 0 saturated heterocycles. The monoisotopic (exact) mass is 379 g/mol. The average Bonchev–Trinajstić information content (AvgIpc) is 2.92. The SMILES string of the molecule is O=C(NO)c1cnc2ccc(NC(=O)C34CC5CCC(CC(C5)C3)C4)cc2c1. The number of nitrogens with zero attached hydrogens (tertiary/aromatic N) is 1. The zero-order valence-electron chi connectivity index (χ0n) is 15.8. The topological polar surface area (TPSA) is 91.3 Å². The highest BCUT2D eigenvalue weighted by molar-refractivity contribution is 5.99. The molecule has 0 aliphatic heterocycles. The second-order valence-corrected chi connectivity index (χ2v) is 9.07. The first-order chi connectivity index (χ1) is 13.5. The van der Waals surface area contributed by atoms with Gasteiger partial charge in [0.05, 0.1) is 16.5 Å². The van der Waals surface area contributed by atoms with Crippen LogP contribution < -0.4 is 10.8 Å². The van der Waals surface area contributed by atoms with Gasteiger partial charge in [0.2, 0.25) is 5.91 Å². The Kier molecular flexibility index (Phi) is 4.12. The maximum absolute atomic E-state index is 13.4. The Morgan fingerprint density at radius 1 is 1.04 bits per heavy atom. The lowest BCUT2D eigenvalue weighted by Gasteiger charge is -2.47. The van der Waals surface area contributed by atoms with Gasteiger partial charge >= 0.3 is 0 Å². The van der Waals surface area contributed by atoms with Crippen LogP contribution in [0.2, 0.25) is 0 Å². The molecule has 28 heavy (non-hydrogen) atoms. The Balaban J connectivity index is 1.41. The number of pyridine rings is 1. The van der Waals surface area contributed by atoms with Crippen molar-refractivity contribution in [3.63, 3.8) is 0 Å². The summed E-state index contributed by atoms with van der Waals surface area (Å²) < 4.78 is 0. The molecule has 6 nitrogen and oxygen atoms in total. The molecule has 1 heterocycles. The third kappa shape index (κ3) is 2.96. The highest BCUT2D eigenvalue weighted by Crippen LogP contribution is 2.58. The maximum atomic E-state index is 13.4. The van der Waals surface area contributed by atoms with E-state index in [0.29, 0.717) is 17.8 Å². The van der Waals surface area contributed by atoms with E-state index in [0.717, 1.165) is 35.9 Å². The van der Waals surface area contributed by atoms with Crippen molar-refractivity contribution in [1.29, 1.82) is 0 Å². The standard InChI is InChI=1S/C22H25N3O3/c26-20(25-28)17-7-16-8-18(3-4-19(16)23-12-17)24-21(27)22-9-13-1-2-14(10-22)6-15(5-13)11-22/h3-4,7-8,12-15,28H,1-2,5-6,9-11H2,(H,24,27)(H,25,26). The molecule has 1 aromatic carbocycles. The van der Waals surface area contributed by atoms with Gasteiger partial charge in [0.15, 0.2) is 0 Å². The van der Waals surface area contributed by atoms with Crippen molar-refractivity contribution < 1.29 is 14.8 Å². The van der Waals surface area contributed by atoms with E-state index in [9.17, 15) is 9.59 Å². The Morgan fingerprint density at radius 3 is 2.46 bits per heavy atom. The van der Waals surface area contributed by atoms with Crippen LogP contribution in [0.1, 0.15) is 55.3 Å². The smallest absolute Gasteiger partial charge is 0.276 e. The molecule has 0 radical (unpaired) electrons. The van der Waals surface area contributed by atoms with Gasteiger partial charge in [-0.15, -0.1) is 0 Å². The molecule has 6 heteroatoms. The number of fused-ring (bicyclic) bond motifs is 2. The van der Waals surface area contributed by atoms with Gasteiger partial charge in [0, 0.05) is 17.3 Å². The molecule has 4 fully saturated rings. The maximum Gasteiger partial charge on any atom is 0.276 e. The summed E-state index contributed by atoms with van der Waals surface area (Å²) in [5.41, 5.74) is 3.16. The van der Waals surface area contributed by atoms with Crippen LogP contribution in [0.25, 0.3) is 10.9 Å². The second-order valence-electron chi connectivity index (χ2n) is 9.07. The van der Waals surface area contributed by atoms with Crippen LogP contribution in [-0.4, -0.2) is 22.0 Å². The van der Waals surface area contributed by atoms with Gasteiger partial charge < -0.3 is 5.32 Å². The van der Waals surface area contributed by atoms with Crippen LogP contribution >= 0.6 is 0 Å². The van der Waals surface area contributed by atoms with Gasteiger partial charge in [-0.2, -0.15) is 0 Å². The molecule has 2 amide bonds. The summed E-state index contributed by atoms with van der Waals surface area (Å²) in [7, 11) is 0. The van der Waals surface area contributed by atoms with Gasteiger partial charge in [0.1, 0.15) is 0 Å². The Morgan fingerprint density at radius 2 is 1.75 bits per heavy atom. The van der Waals surface area contributed by atoms with E-state index < -0.39 is 5.91 Å². The number of aromatic nitrogens is 1. The van der Waals surface area contributed by atoms with Crippen LogP contribution in [0.4, 0.5) is 5.69 Å². The molecule has 6 rings (SSSR count). The van der Waals surface area contributed by atoms with Crippen LogP contribution in [0.15, 0.2) is 30.5 Å². The molecular formula is C22H25N3O3. The Bertz CT molecular complexity index is 941. The number of hydrogen-bond acceptors (Lipinski definition) is 4. The molecule has 3 N–H and O–H groups in total. The molecule has 4 bridgehead atoms. The van der Waals surface area contributed by atoms with E-state index in [1.165, 1.54) is 31.9 Å². The van der Waals surface area contributed by atoms with Crippen molar-refractivity contribution in [2.24, 2.45) is 23.2 Å². The predicted octanol–water partition coefficient (Wildman–Crippen LogP) is 3.90. The van der Waals surface area contributed by atoms with Gasteiger partial charge in [-0.25, -0.2) is 5.48 Å². The lowest BCUT2D eigenvalue weighted by molar-refractivity contribution is -0.132. The van der Waals surface area contributed by atoms with E-state index in [2.05, 4.69) is 10.3 Å². The Labute approximate surface area is 163 Å². The van der Waals surface area contributed by atoms with E-state index >= 15 is 0 Å². The summed E-state index contributed by atoms with van der Waals surface area (Å²) in [6, 6.07) is 7.23. The number of nitrogens with one attached hydrogen (secondary N) is 2. The third-order valence-electron chi connectivity index (χ3n) is 7.14. The average molecular weight is 379 g/mol. The predicted molar refractivity (Wildman–Crippen MR) is 105 cm³/mol. The number of hydrogen-bond donors (Lipinski definition) is 3. The zero-order chi connectivity index (χ0) is 19.3. The number of rotatable bonds is 3. The van der Waals surface area contributed by atoms with Crippen molar-refractivity contribution in [2.75, 3.05) is 5.32 Å². The summed E-state index contributed by atoms with van der Waals surface area (Å²) in [4.78, 5) is 29.2. The number of amides is 2. The van der Waals surface area contributed by atoms with E-state index in [4.69, 9.17) is 5.21 Å². The lowest BCUT2D eigenvalue weighted by atomic mass is 9.58. The first-order valence-corrected chi connectivity index (χ1v) is 10.2. The summed E-state index contributed by atoms with van der Waals surface area (Å²) in [6.07, 6.45) is 9.70. The number of carbonyl (C=O) groups excluding carboxylic acids is 2. The molecule has 4 aliphatic carbocycles. The van der Waals surface area contributed by atoms with Crippen molar-refractivity contribution in [3.05, 3.63) is 36.0 Å². The minimum Gasteiger partial charge on any atom is -0.326 e. The van der Waals surface area contributed by atoms with Crippen LogP contribution in [0.5, 0.6) is 0 Å². The molecule has 146 valence electrons. The minimum absolute atomic E-state index is 0.158. The summed E-state index contributed by atoms with van der Waals surface area (Å²) in [5.74, 6) is 1.68. The lowest BCUT2D eigenvalue weighted by Crippen LogP contribution is -2.46. The fourth-order valence-electron chi connectivity index (χ4n) is 6.13. The molecule has 0 spiro atoms. The van der Waals surface area contributed by atoms with Crippen LogP contribution in [0.3, 0.4) is 0 Å². The van der Waals surface area contributed by atoms with E-state index in [1.54, 1.807) is 11.5 Å². The Hall–Kier alpha value is -2.47. The molecular weight excluding hydrogens is 354 g/mol. The summed E-state index contributed by atoms with van der Waals surface area (Å²) >= 11 is 0. The number of benzene rings is 1. The van der Waals surface area contributed by atoms with E-state index in [1.807, 2.05) is 18.2 Å². The molecule has 2 aromatic rings.